The molecule has 0 saturated carbocycles. The molecule has 32 heavy (non-hydrogen) atoms. The van der Waals surface area contributed by atoms with Gasteiger partial charge in [0.05, 0.1) is 5.69 Å². The van der Waals surface area contributed by atoms with Gasteiger partial charge in [-0.25, -0.2) is 13.7 Å². The molecule has 0 N–H and O–H groups in total. The average molecular weight is 438 g/mol. The molecule has 2 aliphatic rings. The second-order valence-corrected chi connectivity index (χ2v) is 7.61. The van der Waals surface area contributed by atoms with Gasteiger partial charge in [-0.15, -0.1) is 0 Å². The lowest BCUT2D eigenvalue weighted by atomic mass is 10.1. The Labute approximate surface area is 180 Å². The van der Waals surface area contributed by atoms with Gasteiger partial charge >= 0.3 is 0 Å². The van der Waals surface area contributed by atoms with Gasteiger partial charge in [-0.2, -0.15) is 10.1 Å². The van der Waals surface area contributed by atoms with Crippen LogP contribution in [-0.2, 0) is 16.1 Å². The Hall–Kier alpha value is -4.02. The second kappa shape index (κ2) is 7.29. The fourth-order valence-corrected chi connectivity index (χ4v) is 3.69. The van der Waals surface area contributed by atoms with Crippen LogP contribution in [0.1, 0.15) is 17.0 Å². The molecule has 0 aliphatic carbocycles. The Morgan fingerprint density at radius 1 is 1.00 bits per heavy atom. The Morgan fingerprint density at radius 3 is 2.56 bits per heavy atom. The predicted octanol–water partition coefficient (Wildman–Crippen LogP) is 3.13. The molecule has 0 spiro atoms. The van der Waals surface area contributed by atoms with Crippen molar-refractivity contribution in [2.24, 2.45) is 10.3 Å². The van der Waals surface area contributed by atoms with E-state index in [1.165, 1.54) is 5.01 Å². The van der Waals surface area contributed by atoms with Gasteiger partial charge in [0.25, 0.3) is 11.8 Å². The number of amides is 2. The molecule has 1 saturated heterocycles. The van der Waals surface area contributed by atoms with Crippen LogP contribution in [0.25, 0.3) is 11.4 Å². The van der Waals surface area contributed by atoms with Gasteiger partial charge in [-0.3, -0.25) is 14.6 Å². The minimum Gasteiger partial charge on any atom is -0.337 e. The van der Waals surface area contributed by atoms with Crippen LogP contribution in [0.3, 0.4) is 0 Å². The van der Waals surface area contributed by atoms with Crippen molar-refractivity contribution in [3.8, 4) is 11.4 Å². The first-order chi connectivity index (χ1) is 15.3. The van der Waals surface area contributed by atoms with E-state index in [-0.39, 0.29) is 18.1 Å². The summed E-state index contributed by atoms with van der Waals surface area (Å²) in [6.07, 6.45) is 0. The highest BCUT2D eigenvalue weighted by Gasteiger charge is 2.55. The molecule has 5 rings (SSSR count). The van der Waals surface area contributed by atoms with Crippen LogP contribution >= 0.6 is 0 Å². The van der Waals surface area contributed by atoms with Crippen molar-refractivity contribution in [3.05, 3.63) is 65.1 Å². The third-order valence-corrected chi connectivity index (χ3v) is 5.55. The van der Waals surface area contributed by atoms with E-state index in [1.807, 2.05) is 32.0 Å². The van der Waals surface area contributed by atoms with E-state index in [2.05, 4.69) is 20.5 Å². The Balaban J connectivity index is 1.37. The maximum Gasteiger partial charge on any atom is 0.263 e. The zero-order chi connectivity index (χ0) is 22.6. The van der Waals surface area contributed by atoms with E-state index in [9.17, 15) is 18.4 Å². The van der Waals surface area contributed by atoms with Gasteiger partial charge in [-0.1, -0.05) is 22.5 Å². The van der Waals surface area contributed by atoms with Crippen LogP contribution in [0.5, 0.6) is 0 Å². The quantitative estimate of drug-likeness (QED) is 0.580. The summed E-state index contributed by atoms with van der Waals surface area (Å²) in [7, 11) is 0. The molecule has 0 radical (unpaired) electrons. The van der Waals surface area contributed by atoms with Crippen LogP contribution in [0.15, 0.2) is 51.3 Å². The van der Waals surface area contributed by atoms with Crippen molar-refractivity contribution in [2.45, 2.75) is 32.5 Å². The van der Waals surface area contributed by atoms with E-state index in [0.717, 1.165) is 39.8 Å². The number of hydrogen-bond acceptors (Lipinski definition) is 8. The topological polar surface area (TPSA) is 104 Å². The maximum atomic E-state index is 13.6. The fourth-order valence-electron chi connectivity index (χ4n) is 3.69. The lowest BCUT2D eigenvalue weighted by molar-refractivity contribution is -0.123. The minimum absolute atomic E-state index is 0.0485. The number of carbonyl (C=O) groups is 2. The smallest absolute Gasteiger partial charge is 0.263 e. The number of anilines is 1. The number of aryl methyl sites for hydroxylation is 2. The molecule has 2 aromatic carbocycles. The van der Waals surface area contributed by atoms with Crippen molar-refractivity contribution in [2.75, 3.05) is 4.90 Å². The maximum absolute atomic E-state index is 13.6. The Bertz CT molecular complexity index is 1290. The molecular weight excluding hydrogens is 422 g/mol. The average Bonchev–Trinajstić information content (AvgIpc) is 3.45. The molecule has 0 unspecified atom stereocenters. The lowest BCUT2D eigenvalue weighted by Crippen LogP contribution is -2.39. The molecule has 2 atom stereocenters. The predicted molar refractivity (Wildman–Crippen MR) is 106 cm³/mol. The van der Waals surface area contributed by atoms with E-state index < -0.39 is 35.5 Å². The second-order valence-electron chi connectivity index (χ2n) is 7.61. The van der Waals surface area contributed by atoms with E-state index in [1.54, 1.807) is 0 Å². The Kier molecular flexibility index (Phi) is 4.54. The normalized spacial score (nSPS) is 19.9. The summed E-state index contributed by atoms with van der Waals surface area (Å²) in [5.74, 6) is -2.99. The highest BCUT2D eigenvalue weighted by atomic mass is 19.2. The molecule has 162 valence electrons. The number of carbonyl (C=O) groups excluding carboxylic acids is 2. The number of halogens is 2. The first-order valence-corrected chi connectivity index (χ1v) is 9.74. The van der Waals surface area contributed by atoms with Gasteiger partial charge in [0, 0.05) is 11.6 Å². The summed E-state index contributed by atoms with van der Waals surface area (Å²) in [6, 6.07) is 6.45. The summed E-state index contributed by atoms with van der Waals surface area (Å²) in [4.78, 5) is 30.8. The molecule has 1 aromatic heterocycles. The van der Waals surface area contributed by atoms with Crippen molar-refractivity contribution >= 4 is 17.5 Å². The van der Waals surface area contributed by atoms with Gasteiger partial charge < -0.3 is 4.52 Å². The van der Waals surface area contributed by atoms with Crippen LogP contribution in [0, 0.1) is 25.5 Å². The van der Waals surface area contributed by atoms with Crippen molar-refractivity contribution in [1.29, 1.82) is 0 Å². The summed E-state index contributed by atoms with van der Waals surface area (Å²) in [5.41, 5.74) is 2.92. The number of fused-ring (bicyclic) bond motifs is 1. The molecule has 3 aromatic rings. The lowest BCUT2D eigenvalue weighted by Gasteiger charge is -2.19. The zero-order valence-electron chi connectivity index (χ0n) is 17.0. The highest BCUT2D eigenvalue weighted by molar-refractivity contribution is 6.25. The monoisotopic (exact) mass is 438 g/mol. The number of aromatic nitrogens is 2. The SMILES string of the molecule is Cc1ccc(-c2noc(CN3N=N[C@H]4C(=O)N(c5ccc(F)c(F)c5)C(=O)[C@H]43)n2)cc1C. The third-order valence-electron chi connectivity index (χ3n) is 5.55. The number of hydrogen-bond donors (Lipinski definition) is 0. The van der Waals surface area contributed by atoms with Crippen molar-refractivity contribution < 1.29 is 22.9 Å². The van der Waals surface area contributed by atoms with E-state index >= 15 is 0 Å². The first kappa shape index (κ1) is 19.9. The first-order valence-electron chi connectivity index (χ1n) is 9.74. The summed E-state index contributed by atoms with van der Waals surface area (Å²) >= 11 is 0. The number of rotatable bonds is 4. The molecule has 0 bridgehead atoms. The van der Waals surface area contributed by atoms with Crippen molar-refractivity contribution in [1.82, 2.24) is 15.1 Å². The number of imide groups is 1. The van der Waals surface area contributed by atoms with E-state index in [0.29, 0.717) is 5.82 Å². The van der Waals surface area contributed by atoms with Gasteiger partial charge in [0.1, 0.15) is 6.54 Å². The minimum atomic E-state index is -1.16. The Morgan fingerprint density at radius 2 is 1.81 bits per heavy atom. The molecule has 2 aliphatic heterocycles. The largest absolute Gasteiger partial charge is 0.337 e. The van der Waals surface area contributed by atoms with Crippen LogP contribution in [-0.4, -0.2) is 39.0 Å². The van der Waals surface area contributed by atoms with Gasteiger partial charge in [-0.05, 0) is 43.2 Å². The molecule has 1 fully saturated rings. The molecule has 2 amide bonds. The number of benzene rings is 2. The van der Waals surface area contributed by atoms with Crippen molar-refractivity contribution in [3.63, 3.8) is 0 Å². The van der Waals surface area contributed by atoms with Crippen LogP contribution in [0.4, 0.5) is 14.5 Å². The summed E-state index contributed by atoms with van der Waals surface area (Å²) < 4.78 is 32.2. The van der Waals surface area contributed by atoms with Gasteiger partial charge in [0.15, 0.2) is 23.7 Å². The third kappa shape index (κ3) is 3.13. The number of nitrogens with zero attached hydrogens (tertiary/aromatic N) is 6. The summed E-state index contributed by atoms with van der Waals surface area (Å²) in [6.45, 7) is 3.93. The molecule has 11 heteroatoms. The van der Waals surface area contributed by atoms with Crippen LogP contribution in [0.2, 0.25) is 0 Å². The fraction of sp³-hybridized carbons (Fsp3) is 0.238. The zero-order valence-corrected chi connectivity index (χ0v) is 17.0. The van der Waals surface area contributed by atoms with Crippen LogP contribution < -0.4 is 4.90 Å². The standard InChI is InChI=1S/C21H16F2N6O3/c1-10-3-4-12(7-11(10)2)19-24-16(32-26-19)9-28-18-17(25-27-28)20(30)29(21(18)31)13-5-6-14(22)15(23)8-13/h3-8,17-18H,9H2,1-2H3/t17-,18+/m1/s1. The molecule has 3 heterocycles. The molecule has 9 nitrogen and oxygen atoms in total. The van der Waals surface area contributed by atoms with E-state index in [4.69, 9.17) is 4.52 Å². The van der Waals surface area contributed by atoms with Gasteiger partial charge in [0.2, 0.25) is 11.7 Å². The molecular formula is C21H16F2N6O3. The summed E-state index contributed by atoms with van der Waals surface area (Å²) in [5, 5.41) is 13.1. The highest BCUT2D eigenvalue weighted by Crippen LogP contribution is 2.33.